The van der Waals surface area contributed by atoms with Crippen molar-refractivity contribution >= 4 is 55.6 Å². The summed E-state index contributed by atoms with van der Waals surface area (Å²) >= 11 is 0. The number of benzene rings is 5. The van der Waals surface area contributed by atoms with Gasteiger partial charge in [-0.15, -0.1) is 0 Å². The number of para-hydroxylation sites is 4. The molecule has 0 aliphatic carbocycles. The van der Waals surface area contributed by atoms with Gasteiger partial charge in [0.1, 0.15) is 5.76 Å². The standard InChI is InChI=1S/C38H28N2O2/c1-24-30-22-36-32(29-18-10-12-20-35(29)40(36)27-15-7-4-8-16-27)21-33(30)38(41)42-37(24)23-31-25(2)39(26-13-5-3-6-14-26)34-19-11-9-17-28(31)34/h3-23,25H,1-2H3/b31-23+. The van der Waals surface area contributed by atoms with Crippen LogP contribution in [0.5, 0.6) is 0 Å². The van der Waals surface area contributed by atoms with Crippen molar-refractivity contribution in [2.24, 2.45) is 0 Å². The van der Waals surface area contributed by atoms with E-state index in [1.807, 2.05) is 24.3 Å². The second-order valence-electron chi connectivity index (χ2n) is 11.0. The zero-order valence-corrected chi connectivity index (χ0v) is 23.4. The molecule has 4 nitrogen and oxygen atoms in total. The Hall–Kier alpha value is -5.35. The van der Waals surface area contributed by atoms with E-state index in [4.69, 9.17) is 4.42 Å². The Balaban J connectivity index is 1.36. The molecule has 7 aromatic rings. The van der Waals surface area contributed by atoms with Crippen LogP contribution in [0.1, 0.15) is 23.8 Å². The quantitative estimate of drug-likeness (QED) is 0.222. The van der Waals surface area contributed by atoms with Crippen LogP contribution >= 0.6 is 0 Å². The zero-order chi connectivity index (χ0) is 28.4. The van der Waals surface area contributed by atoms with E-state index >= 15 is 0 Å². The molecule has 3 heterocycles. The Labute approximate surface area is 243 Å². The first-order valence-electron chi connectivity index (χ1n) is 14.3. The summed E-state index contributed by atoms with van der Waals surface area (Å²) in [5.41, 5.74) is 8.45. The van der Waals surface area contributed by atoms with Gasteiger partial charge < -0.3 is 13.9 Å². The minimum absolute atomic E-state index is 0.0632. The normalized spacial score (nSPS) is 15.7. The van der Waals surface area contributed by atoms with Crippen LogP contribution in [0.15, 0.2) is 131 Å². The molecule has 1 unspecified atom stereocenters. The fourth-order valence-corrected chi connectivity index (χ4v) is 6.64. The molecule has 1 aliphatic rings. The number of nitrogens with zero attached hydrogens (tertiary/aromatic N) is 2. The van der Waals surface area contributed by atoms with Crippen molar-refractivity contribution in [3.05, 3.63) is 149 Å². The lowest BCUT2D eigenvalue weighted by atomic mass is 9.99. The molecule has 1 aliphatic heterocycles. The number of anilines is 2. The van der Waals surface area contributed by atoms with Gasteiger partial charge in [0.05, 0.1) is 22.5 Å². The van der Waals surface area contributed by atoms with Gasteiger partial charge in [-0.2, -0.15) is 0 Å². The first-order valence-corrected chi connectivity index (χ1v) is 14.3. The molecule has 0 bridgehead atoms. The number of fused-ring (bicyclic) bond motifs is 5. The summed E-state index contributed by atoms with van der Waals surface area (Å²) in [5, 5.41) is 3.66. The molecule has 0 N–H and O–H groups in total. The van der Waals surface area contributed by atoms with Crippen LogP contribution in [0, 0.1) is 6.92 Å². The van der Waals surface area contributed by atoms with Gasteiger partial charge in [0.15, 0.2) is 0 Å². The first-order chi connectivity index (χ1) is 20.6. The molecule has 0 spiro atoms. The Kier molecular flexibility index (Phi) is 5.44. The van der Waals surface area contributed by atoms with Gasteiger partial charge in [0.25, 0.3) is 0 Å². The molecule has 0 amide bonds. The topological polar surface area (TPSA) is 38.4 Å². The molecule has 8 rings (SSSR count). The Morgan fingerprint density at radius 2 is 1.33 bits per heavy atom. The van der Waals surface area contributed by atoms with Gasteiger partial charge in [-0.05, 0) is 85.0 Å². The summed E-state index contributed by atoms with van der Waals surface area (Å²) in [6.45, 7) is 4.26. The van der Waals surface area contributed by atoms with E-state index in [0.717, 1.165) is 61.0 Å². The maximum absolute atomic E-state index is 13.6. The fourth-order valence-electron chi connectivity index (χ4n) is 6.64. The van der Waals surface area contributed by atoms with Crippen LogP contribution in [0.3, 0.4) is 0 Å². The molecule has 202 valence electrons. The first kappa shape index (κ1) is 24.4. The van der Waals surface area contributed by atoms with Gasteiger partial charge in [0.2, 0.25) is 0 Å². The highest BCUT2D eigenvalue weighted by Crippen LogP contribution is 2.45. The summed E-state index contributed by atoms with van der Waals surface area (Å²) in [6.07, 6.45) is 2.07. The summed E-state index contributed by atoms with van der Waals surface area (Å²) < 4.78 is 8.36. The molecule has 42 heavy (non-hydrogen) atoms. The molecule has 0 radical (unpaired) electrons. The Bertz CT molecular complexity index is 2240. The van der Waals surface area contributed by atoms with Crippen LogP contribution in [0.25, 0.3) is 49.9 Å². The number of hydrogen-bond donors (Lipinski definition) is 0. The predicted octanol–water partition coefficient (Wildman–Crippen LogP) is 9.28. The van der Waals surface area contributed by atoms with Crippen LogP contribution < -0.4 is 10.5 Å². The number of aromatic nitrogens is 1. The SMILES string of the molecule is Cc1c(/C=C2/c3ccccc3N(c3ccccc3)C2C)oc(=O)c2cc3c4ccccc4n(-c4ccccc4)c3cc12. The molecule has 1 atom stereocenters. The molecule has 0 saturated heterocycles. The third-order valence-electron chi connectivity index (χ3n) is 8.66. The molecular weight excluding hydrogens is 516 g/mol. The van der Waals surface area contributed by atoms with E-state index in [1.54, 1.807) is 0 Å². The lowest BCUT2D eigenvalue weighted by molar-refractivity contribution is 0.506. The Morgan fingerprint density at radius 3 is 2.12 bits per heavy atom. The molecule has 0 fully saturated rings. The molecule has 4 heteroatoms. The minimum atomic E-state index is -0.320. The van der Waals surface area contributed by atoms with E-state index < -0.39 is 0 Å². The van der Waals surface area contributed by atoms with Crippen LogP contribution in [-0.4, -0.2) is 10.6 Å². The van der Waals surface area contributed by atoms with E-state index in [0.29, 0.717) is 11.1 Å². The van der Waals surface area contributed by atoms with Crippen LogP contribution in [-0.2, 0) is 0 Å². The highest BCUT2D eigenvalue weighted by molar-refractivity contribution is 6.14. The van der Waals surface area contributed by atoms with Crippen molar-refractivity contribution in [3.8, 4) is 5.69 Å². The highest BCUT2D eigenvalue weighted by Gasteiger charge is 2.32. The van der Waals surface area contributed by atoms with Crippen molar-refractivity contribution in [2.45, 2.75) is 19.9 Å². The molecule has 5 aromatic carbocycles. The third-order valence-corrected chi connectivity index (χ3v) is 8.66. The lowest BCUT2D eigenvalue weighted by Gasteiger charge is -2.25. The van der Waals surface area contributed by atoms with E-state index in [9.17, 15) is 4.79 Å². The molecular formula is C38H28N2O2. The second-order valence-corrected chi connectivity index (χ2v) is 11.0. The highest BCUT2D eigenvalue weighted by atomic mass is 16.4. The van der Waals surface area contributed by atoms with Crippen LogP contribution in [0.2, 0.25) is 0 Å². The Morgan fingerprint density at radius 1 is 0.667 bits per heavy atom. The minimum Gasteiger partial charge on any atom is -0.423 e. The number of hydrogen-bond acceptors (Lipinski definition) is 3. The zero-order valence-electron chi connectivity index (χ0n) is 23.4. The smallest absolute Gasteiger partial charge is 0.344 e. The van der Waals surface area contributed by atoms with E-state index in [1.165, 1.54) is 0 Å². The fraction of sp³-hybridized carbons (Fsp3) is 0.0789. The van der Waals surface area contributed by atoms with E-state index in [2.05, 4.69) is 126 Å². The van der Waals surface area contributed by atoms with E-state index in [-0.39, 0.29) is 11.7 Å². The van der Waals surface area contributed by atoms with Gasteiger partial charge >= 0.3 is 5.63 Å². The third kappa shape index (κ3) is 3.58. The van der Waals surface area contributed by atoms with Crippen molar-refractivity contribution < 1.29 is 4.42 Å². The van der Waals surface area contributed by atoms with Gasteiger partial charge in [-0.1, -0.05) is 72.8 Å². The monoisotopic (exact) mass is 544 g/mol. The van der Waals surface area contributed by atoms with Crippen LogP contribution in [0.4, 0.5) is 11.4 Å². The molecule has 0 saturated carbocycles. The molecule has 2 aromatic heterocycles. The number of aryl methyl sites for hydroxylation is 1. The van der Waals surface area contributed by atoms with Crippen molar-refractivity contribution in [1.82, 2.24) is 4.57 Å². The average Bonchev–Trinajstić information content (AvgIpc) is 3.50. The summed E-state index contributed by atoms with van der Waals surface area (Å²) in [6, 6.07) is 41.8. The maximum Gasteiger partial charge on any atom is 0.344 e. The average molecular weight is 545 g/mol. The number of rotatable bonds is 3. The predicted molar refractivity (Wildman–Crippen MR) is 174 cm³/mol. The summed E-state index contributed by atoms with van der Waals surface area (Å²) in [7, 11) is 0. The van der Waals surface area contributed by atoms with Crippen molar-refractivity contribution in [1.29, 1.82) is 0 Å². The maximum atomic E-state index is 13.6. The second kappa shape index (κ2) is 9.35. The van der Waals surface area contributed by atoms with Crippen molar-refractivity contribution in [3.63, 3.8) is 0 Å². The van der Waals surface area contributed by atoms with Gasteiger partial charge in [-0.25, -0.2) is 4.79 Å². The van der Waals surface area contributed by atoms with Gasteiger partial charge in [-0.3, -0.25) is 0 Å². The summed E-state index contributed by atoms with van der Waals surface area (Å²) in [4.78, 5) is 15.9. The summed E-state index contributed by atoms with van der Waals surface area (Å²) in [5.74, 6) is 0.598. The largest absolute Gasteiger partial charge is 0.423 e. The van der Waals surface area contributed by atoms with Gasteiger partial charge in [0, 0.05) is 33.4 Å². The van der Waals surface area contributed by atoms with Crippen molar-refractivity contribution in [2.75, 3.05) is 4.90 Å². The lowest BCUT2D eigenvalue weighted by Crippen LogP contribution is -2.23.